The number of esters is 1. The molecule has 2 aromatic carbocycles. The van der Waals surface area contributed by atoms with Gasteiger partial charge in [-0.25, -0.2) is 17.9 Å². The van der Waals surface area contributed by atoms with Gasteiger partial charge in [0.1, 0.15) is 17.3 Å². The fourth-order valence-electron chi connectivity index (χ4n) is 2.35. The zero-order chi connectivity index (χ0) is 20.0. The van der Waals surface area contributed by atoms with Crippen LogP contribution in [-0.4, -0.2) is 27.5 Å². The van der Waals surface area contributed by atoms with Gasteiger partial charge in [-0.3, -0.25) is 0 Å². The third-order valence-corrected chi connectivity index (χ3v) is 5.19. The molecule has 0 atom stereocenters. The smallest absolute Gasteiger partial charge is 0.338 e. The molecule has 0 heterocycles. The standard InChI is InChI=1S/C19H20N2O5S/c1-13(2)21-27(23,24)18-10-16(7-8-17(18)25-3)19(22)26-12-15-6-4-5-14(9-15)11-20/h4-10,13,21H,12H2,1-3H3. The number of carbonyl (C=O) groups excluding carboxylic acids is 1. The van der Waals surface area contributed by atoms with Crippen LogP contribution >= 0.6 is 0 Å². The molecule has 0 bridgehead atoms. The molecule has 0 saturated heterocycles. The fraction of sp³-hybridized carbons (Fsp3) is 0.263. The van der Waals surface area contributed by atoms with E-state index in [9.17, 15) is 13.2 Å². The van der Waals surface area contributed by atoms with Crippen LogP contribution in [0.4, 0.5) is 0 Å². The molecular formula is C19H20N2O5S. The maximum absolute atomic E-state index is 12.5. The number of benzene rings is 2. The maximum atomic E-state index is 12.5. The summed E-state index contributed by atoms with van der Waals surface area (Å²) in [5.74, 6) is -0.553. The van der Waals surface area contributed by atoms with E-state index < -0.39 is 16.0 Å². The average Bonchev–Trinajstić information content (AvgIpc) is 2.64. The Labute approximate surface area is 158 Å². The molecule has 0 unspecified atom stereocenters. The Kier molecular flexibility index (Phi) is 6.55. The molecule has 0 aromatic heterocycles. The van der Waals surface area contributed by atoms with Crippen LogP contribution < -0.4 is 9.46 Å². The molecule has 0 aliphatic heterocycles. The van der Waals surface area contributed by atoms with Gasteiger partial charge in [-0.1, -0.05) is 12.1 Å². The summed E-state index contributed by atoms with van der Waals surface area (Å²) < 4.78 is 37.7. The summed E-state index contributed by atoms with van der Waals surface area (Å²) >= 11 is 0. The van der Waals surface area contributed by atoms with Gasteiger partial charge in [-0.05, 0) is 49.7 Å². The Morgan fingerprint density at radius 2 is 1.96 bits per heavy atom. The molecule has 27 heavy (non-hydrogen) atoms. The van der Waals surface area contributed by atoms with Crippen molar-refractivity contribution in [1.82, 2.24) is 4.72 Å². The topological polar surface area (TPSA) is 105 Å². The highest BCUT2D eigenvalue weighted by Crippen LogP contribution is 2.25. The van der Waals surface area contributed by atoms with Crippen molar-refractivity contribution in [3.8, 4) is 11.8 Å². The summed E-state index contributed by atoms with van der Waals surface area (Å²) in [6, 6.07) is 12.4. The number of methoxy groups -OCH3 is 1. The van der Waals surface area contributed by atoms with E-state index in [0.29, 0.717) is 11.1 Å². The van der Waals surface area contributed by atoms with Crippen molar-refractivity contribution >= 4 is 16.0 Å². The highest BCUT2D eigenvalue weighted by molar-refractivity contribution is 7.89. The van der Waals surface area contributed by atoms with Gasteiger partial charge in [-0.15, -0.1) is 0 Å². The zero-order valence-corrected chi connectivity index (χ0v) is 16.0. The molecule has 2 rings (SSSR count). The van der Waals surface area contributed by atoms with E-state index in [1.54, 1.807) is 38.1 Å². The van der Waals surface area contributed by atoms with E-state index in [0.717, 1.165) is 0 Å². The summed E-state index contributed by atoms with van der Waals surface area (Å²) in [4.78, 5) is 12.2. The highest BCUT2D eigenvalue weighted by Gasteiger charge is 2.23. The molecule has 1 N–H and O–H groups in total. The number of hydrogen-bond donors (Lipinski definition) is 1. The SMILES string of the molecule is COc1ccc(C(=O)OCc2cccc(C#N)c2)cc1S(=O)(=O)NC(C)C. The van der Waals surface area contributed by atoms with Crippen LogP contribution in [0.1, 0.15) is 35.3 Å². The minimum Gasteiger partial charge on any atom is -0.495 e. The summed E-state index contributed by atoms with van der Waals surface area (Å²) in [5, 5.41) is 8.90. The molecular weight excluding hydrogens is 368 g/mol. The summed E-state index contributed by atoms with van der Waals surface area (Å²) in [6.07, 6.45) is 0. The van der Waals surface area contributed by atoms with E-state index in [-0.39, 0.29) is 28.9 Å². The molecule has 7 nitrogen and oxygen atoms in total. The molecule has 0 aliphatic rings. The quantitative estimate of drug-likeness (QED) is 0.731. The normalized spacial score (nSPS) is 11.1. The molecule has 8 heteroatoms. The first-order valence-electron chi connectivity index (χ1n) is 8.13. The fourth-order valence-corrected chi connectivity index (χ4v) is 3.80. The van der Waals surface area contributed by atoms with Crippen LogP contribution in [0.5, 0.6) is 5.75 Å². The number of nitrogens with one attached hydrogen (secondary N) is 1. The van der Waals surface area contributed by atoms with Gasteiger partial charge in [0.15, 0.2) is 0 Å². The van der Waals surface area contributed by atoms with Crippen molar-refractivity contribution in [3.05, 3.63) is 59.2 Å². The first-order valence-corrected chi connectivity index (χ1v) is 9.61. The molecule has 0 amide bonds. The minimum atomic E-state index is -3.85. The lowest BCUT2D eigenvalue weighted by Crippen LogP contribution is -2.30. The van der Waals surface area contributed by atoms with Crippen LogP contribution in [0, 0.1) is 11.3 Å². The lowest BCUT2D eigenvalue weighted by Gasteiger charge is -2.14. The zero-order valence-electron chi connectivity index (χ0n) is 15.2. The lowest BCUT2D eigenvalue weighted by atomic mass is 10.1. The van der Waals surface area contributed by atoms with Gasteiger partial charge < -0.3 is 9.47 Å². The van der Waals surface area contributed by atoms with E-state index in [4.69, 9.17) is 14.7 Å². The van der Waals surface area contributed by atoms with Crippen LogP contribution in [-0.2, 0) is 21.4 Å². The van der Waals surface area contributed by atoms with Gasteiger partial charge in [0.25, 0.3) is 0 Å². The number of nitrogens with zero attached hydrogens (tertiary/aromatic N) is 1. The first-order chi connectivity index (χ1) is 12.8. The first kappa shape index (κ1) is 20.4. The second-order valence-electron chi connectivity index (χ2n) is 6.03. The van der Waals surface area contributed by atoms with Crippen molar-refractivity contribution in [2.45, 2.75) is 31.4 Å². The van der Waals surface area contributed by atoms with Crippen LogP contribution in [0.3, 0.4) is 0 Å². The Morgan fingerprint density at radius 1 is 1.22 bits per heavy atom. The molecule has 142 valence electrons. The number of nitriles is 1. The van der Waals surface area contributed by atoms with Gasteiger partial charge in [0.05, 0.1) is 24.3 Å². The van der Waals surface area contributed by atoms with Crippen molar-refractivity contribution in [2.75, 3.05) is 7.11 Å². The number of carbonyl (C=O) groups is 1. The van der Waals surface area contributed by atoms with Crippen LogP contribution in [0.15, 0.2) is 47.4 Å². The molecule has 0 radical (unpaired) electrons. The Bertz CT molecular complexity index is 978. The van der Waals surface area contributed by atoms with E-state index in [1.165, 1.54) is 25.3 Å². The van der Waals surface area contributed by atoms with E-state index >= 15 is 0 Å². The molecule has 0 aliphatic carbocycles. The van der Waals surface area contributed by atoms with Crippen molar-refractivity contribution < 1.29 is 22.7 Å². The number of rotatable bonds is 7. The molecule has 0 spiro atoms. The van der Waals surface area contributed by atoms with E-state index in [1.807, 2.05) is 6.07 Å². The largest absolute Gasteiger partial charge is 0.495 e. The summed E-state index contributed by atoms with van der Waals surface area (Å²) in [6.45, 7) is 3.35. The third-order valence-electron chi connectivity index (χ3n) is 3.51. The number of ether oxygens (including phenoxy) is 2. The Balaban J connectivity index is 2.24. The lowest BCUT2D eigenvalue weighted by molar-refractivity contribution is 0.0472. The second kappa shape index (κ2) is 8.66. The molecule has 0 fully saturated rings. The van der Waals surface area contributed by atoms with Crippen molar-refractivity contribution in [3.63, 3.8) is 0 Å². The van der Waals surface area contributed by atoms with Gasteiger partial charge >= 0.3 is 5.97 Å². The number of hydrogen-bond acceptors (Lipinski definition) is 6. The van der Waals surface area contributed by atoms with Crippen molar-refractivity contribution in [2.24, 2.45) is 0 Å². The third kappa shape index (κ3) is 5.29. The predicted molar refractivity (Wildman–Crippen MR) is 98.7 cm³/mol. The van der Waals surface area contributed by atoms with Crippen LogP contribution in [0.2, 0.25) is 0 Å². The molecule has 2 aromatic rings. The van der Waals surface area contributed by atoms with Crippen molar-refractivity contribution in [1.29, 1.82) is 5.26 Å². The average molecular weight is 388 g/mol. The predicted octanol–water partition coefficient (Wildman–Crippen LogP) is 2.61. The molecule has 0 saturated carbocycles. The van der Waals surface area contributed by atoms with Gasteiger partial charge in [0.2, 0.25) is 10.0 Å². The highest BCUT2D eigenvalue weighted by atomic mass is 32.2. The summed E-state index contributed by atoms with van der Waals surface area (Å²) in [5.41, 5.74) is 1.20. The Morgan fingerprint density at radius 3 is 2.59 bits per heavy atom. The maximum Gasteiger partial charge on any atom is 0.338 e. The summed E-state index contributed by atoms with van der Waals surface area (Å²) in [7, 11) is -2.50. The van der Waals surface area contributed by atoms with Gasteiger partial charge in [0, 0.05) is 6.04 Å². The second-order valence-corrected chi connectivity index (χ2v) is 7.71. The van der Waals surface area contributed by atoms with Crippen LogP contribution in [0.25, 0.3) is 0 Å². The minimum absolute atomic E-state index is 0.0350. The number of sulfonamides is 1. The van der Waals surface area contributed by atoms with E-state index in [2.05, 4.69) is 4.72 Å². The Hall–Kier alpha value is -2.89. The monoisotopic (exact) mass is 388 g/mol. The van der Waals surface area contributed by atoms with Gasteiger partial charge in [-0.2, -0.15) is 5.26 Å².